The van der Waals surface area contributed by atoms with Crippen LogP contribution in [0.1, 0.15) is 27.6 Å². The largest absolute Gasteiger partial charge is 0.345 e. The molecule has 6 heteroatoms. The molecule has 0 aliphatic heterocycles. The number of halogens is 1. The highest BCUT2D eigenvalue weighted by Gasteiger charge is 2.10. The highest BCUT2D eigenvalue weighted by Crippen LogP contribution is 2.07. The first-order chi connectivity index (χ1) is 11.2. The monoisotopic (exact) mass is 311 g/mol. The van der Waals surface area contributed by atoms with E-state index in [0.29, 0.717) is 23.7 Å². The molecule has 1 amide bonds. The summed E-state index contributed by atoms with van der Waals surface area (Å²) in [7, 11) is 0. The number of nitrogens with zero attached hydrogens (tertiary/aromatic N) is 2. The normalized spacial score (nSPS) is 10.5. The number of carbonyl (C=O) groups excluding carboxylic acids is 1. The minimum absolute atomic E-state index is 0.147. The molecule has 3 rings (SSSR count). The van der Waals surface area contributed by atoms with Crippen molar-refractivity contribution in [1.82, 2.24) is 15.5 Å². The second-order valence-corrected chi connectivity index (χ2v) is 4.96. The van der Waals surface area contributed by atoms with E-state index < -0.39 is 0 Å². The Kier molecular flexibility index (Phi) is 4.42. The standard InChI is InChI=1S/C17H14FN3O2/c18-14-8-6-13(7-9-14)17(22)19-11-15-20-16(23-21-15)10-12-4-2-1-3-5-12/h1-9H,10-11H2,(H,19,22). The van der Waals surface area contributed by atoms with Gasteiger partial charge >= 0.3 is 0 Å². The van der Waals surface area contributed by atoms with Crippen molar-refractivity contribution in [2.24, 2.45) is 0 Å². The lowest BCUT2D eigenvalue weighted by molar-refractivity contribution is 0.0949. The molecule has 0 aliphatic carbocycles. The molecule has 0 atom stereocenters. The number of hydrogen-bond acceptors (Lipinski definition) is 4. The Morgan fingerprint density at radius 1 is 1.09 bits per heavy atom. The van der Waals surface area contributed by atoms with Crippen LogP contribution in [0.25, 0.3) is 0 Å². The first kappa shape index (κ1) is 14.9. The maximum Gasteiger partial charge on any atom is 0.251 e. The van der Waals surface area contributed by atoms with E-state index in [1.807, 2.05) is 30.3 Å². The fourth-order valence-corrected chi connectivity index (χ4v) is 2.07. The molecule has 1 heterocycles. The average Bonchev–Trinajstić information content (AvgIpc) is 3.02. The summed E-state index contributed by atoms with van der Waals surface area (Å²) in [6.45, 7) is 0.147. The summed E-state index contributed by atoms with van der Waals surface area (Å²) in [5.41, 5.74) is 1.44. The smallest absolute Gasteiger partial charge is 0.251 e. The van der Waals surface area contributed by atoms with E-state index in [4.69, 9.17) is 4.52 Å². The summed E-state index contributed by atoms with van der Waals surface area (Å²) in [5, 5.41) is 6.50. The Labute approximate surface area is 132 Å². The van der Waals surface area contributed by atoms with Gasteiger partial charge in [-0.25, -0.2) is 4.39 Å². The summed E-state index contributed by atoms with van der Waals surface area (Å²) >= 11 is 0. The van der Waals surface area contributed by atoms with Crippen LogP contribution < -0.4 is 5.32 Å². The third kappa shape index (κ3) is 4.00. The van der Waals surface area contributed by atoms with Crippen LogP contribution in [0, 0.1) is 5.82 Å². The molecule has 0 unspecified atom stereocenters. The van der Waals surface area contributed by atoms with Gasteiger partial charge in [-0.2, -0.15) is 4.98 Å². The lowest BCUT2D eigenvalue weighted by Crippen LogP contribution is -2.23. The molecule has 0 radical (unpaired) electrons. The molecule has 2 aromatic carbocycles. The summed E-state index contributed by atoms with van der Waals surface area (Å²) in [5.74, 6) is 0.179. The molecular weight excluding hydrogens is 297 g/mol. The quantitative estimate of drug-likeness (QED) is 0.786. The average molecular weight is 311 g/mol. The van der Waals surface area contributed by atoms with Crippen molar-refractivity contribution in [3.63, 3.8) is 0 Å². The van der Waals surface area contributed by atoms with Gasteiger partial charge in [0.05, 0.1) is 13.0 Å². The summed E-state index contributed by atoms with van der Waals surface area (Å²) in [4.78, 5) is 16.1. The Morgan fingerprint density at radius 2 is 1.83 bits per heavy atom. The molecule has 3 aromatic rings. The zero-order chi connectivity index (χ0) is 16.1. The molecule has 1 N–H and O–H groups in total. The maximum atomic E-state index is 12.8. The molecule has 1 aromatic heterocycles. The van der Waals surface area contributed by atoms with Crippen molar-refractivity contribution in [3.05, 3.63) is 83.3 Å². The van der Waals surface area contributed by atoms with Crippen molar-refractivity contribution in [2.75, 3.05) is 0 Å². The Balaban J connectivity index is 1.57. The fourth-order valence-electron chi connectivity index (χ4n) is 2.07. The topological polar surface area (TPSA) is 68.0 Å². The number of rotatable bonds is 5. The van der Waals surface area contributed by atoms with Gasteiger partial charge in [-0.3, -0.25) is 4.79 Å². The molecule has 0 saturated heterocycles. The molecule has 0 bridgehead atoms. The van der Waals surface area contributed by atoms with Crippen molar-refractivity contribution >= 4 is 5.91 Å². The van der Waals surface area contributed by atoms with Crippen molar-refractivity contribution in [1.29, 1.82) is 0 Å². The van der Waals surface area contributed by atoms with Gasteiger partial charge in [0.1, 0.15) is 5.82 Å². The van der Waals surface area contributed by atoms with E-state index in [9.17, 15) is 9.18 Å². The van der Waals surface area contributed by atoms with Crippen LogP contribution in [0.3, 0.4) is 0 Å². The summed E-state index contributed by atoms with van der Waals surface area (Å²) in [6.07, 6.45) is 0.541. The van der Waals surface area contributed by atoms with Crippen LogP contribution in [-0.4, -0.2) is 16.0 Å². The second kappa shape index (κ2) is 6.83. The number of amides is 1. The van der Waals surface area contributed by atoms with E-state index in [2.05, 4.69) is 15.5 Å². The summed E-state index contributed by atoms with van der Waals surface area (Å²) in [6, 6.07) is 15.1. The van der Waals surface area contributed by atoms with Gasteiger partial charge in [0.2, 0.25) is 5.89 Å². The van der Waals surface area contributed by atoms with Gasteiger partial charge in [-0.05, 0) is 29.8 Å². The number of aromatic nitrogens is 2. The fraction of sp³-hybridized carbons (Fsp3) is 0.118. The molecule has 0 aliphatic rings. The van der Waals surface area contributed by atoms with Crippen LogP contribution in [0.4, 0.5) is 4.39 Å². The van der Waals surface area contributed by atoms with Crippen LogP contribution >= 0.6 is 0 Å². The lowest BCUT2D eigenvalue weighted by Gasteiger charge is -2.01. The van der Waals surface area contributed by atoms with Gasteiger partial charge < -0.3 is 9.84 Å². The minimum Gasteiger partial charge on any atom is -0.345 e. The maximum absolute atomic E-state index is 12.8. The van der Waals surface area contributed by atoms with Gasteiger partial charge in [0.25, 0.3) is 5.91 Å². The number of carbonyl (C=O) groups is 1. The highest BCUT2D eigenvalue weighted by molar-refractivity contribution is 5.94. The minimum atomic E-state index is -0.384. The van der Waals surface area contributed by atoms with Gasteiger partial charge in [0.15, 0.2) is 5.82 Å². The molecule has 0 spiro atoms. The Hall–Kier alpha value is -3.02. The molecule has 0 fully saturated rings. The van der Waals surface area contributed by atoms with E-state index in [1.54, 1.807) is 0 Å². The van der Waals surface area contributed by atoms with Gasteiger partial charge in [-0.1, -0.05) is 35.5 Å². The van der Waals surface area contributed by atoms with Crippen LogP contribution in [0.15, 0.2) is 59.1 Å². The molecule has 116 valence electrons. The van der Waals surface area contributed by atoms with Crippen LogP contribution in [0.2, 0.25) is 0 Å². The predicted octanol–water partition coefficient (Wildman–Crippen LogP) is 2.73. The lowest BCUT2D eigenvalue weighted by atomic mass is 10.1. The van der Waals surface area contributed by atoms with E-state index in [0.717, 1.165) is 5.56 Å². The third-order valence-corrected chi connectivity index (χ3v) is 3.22. The van der Waals surface area contributed by atoms with Crippen LogP contribution in [0.5, 0.6) is 0 Å². The van der Waals surface area contributed by atoms with Crippen LogP contribution in [-0.2, 0) is 13.0 Å². The number of benzene rings is 2. The molecule has 23 heavy (non-hydrogen) atoms. The predicted molar refractivity (Wildman–Crippen MR) is 81.1 cm³/mol. The van der Waals surface area contributed by atoms with E-state index in [-0.39, 0.29) is 18.3 Å². The number of nitrogens with one attached hydrogen (secondary N) is 1. The third-order valence-electron chi connectivity index (χ3n) is 3.22. The van der Waals surface area contributed by atoms with E-state index in [1.165, 1.54) is 24.3 Å². The molecular formula is C17H14FN3O2. The first-order valence-corrected chi connectivity index (χ1v) is 7.10. The number of hydrogen-bond donors (Lipinski definition) is 1. The zero-order valence-electron chi connectivity index (χ0n) is 12.2. The first-order valence-electron chi connectivity index (χ1n) is 7.10. The van der Waals surface area contributed by atoms with Crippen molar-refractivity contribution in [2.45, 2.75) is 13.0 Å². The van der Waals surface area contributed by atoms with E-state index >= 15 is 0 Å². The molecule has 0 saturated carbocycles. The van der Waals surface area contributed by atoms with Gasteiger partial charge in [0, 0.05) is 5.56 Å². The Morgan fingerprint density at radius 3 is 2.57 bits per heavy atom. The zero-order valence-corrected chi connectivity index (χ0v) is 12.2. The van der Waals surface area contributed by atoms with Gasteiger partial charge in [-0.15, -0.1) is 0 Å². The Bertz CT molecular complexity index is 785. The SMILES string of the molecule is O=C(NCc1noc(Cc2ccccc2)n1)c1ccc(F)cc1. The second-order valence-electron chi connectivity index (χ2n) is 4.96. The molecule has 5 nitrogen and oxygen atoms in total. The van der Waals surface area contributed by atoms with Crippen molar-refractivity contribution < 1.29 is 13.7 Å². The summed E-state index contributed by atoms with van der Waals surface area (Å²) < 4.78 is 18.0. The highest BCUT2D eigenvalue weighted by atomic mass is 19.1. The van der Waals surface area contributed by atoms with Crippen molar-refractivity contribution in [3.8, 4) is 0 Å².